The highest BCUT2D eigenvalue weighted by Gasteiger charge is 2.12. The Labute approximate surface area is 139 Å². The Morgan fingerprint density at radius 1 is 1.39 bits per heavy atom. The molecule has 0 bridgehead atoms. The number of thioether (sulfide) groups is 1. The summed E-state index contributed by atoms with van der Waals surface area (Å²) in [4.78, 5) is 27.3. The van der Waals surface area contributed by atoms with Crippen LogP contribution in [0.4, 0.5) is 5.13 Å². The standard InChI is InChI=1S/C14H13N5O2S2/c1-9(20)15-12-16-10(7-22-12)8-23-14-18-17-13(21)19(14)11-5-3-2-4-6-11/h2-7H,8H2,1H3,(H,17,21)(H,15,16,20). The number of anilines is 1. The zero-order valence-electron chi connectivity index (χ0n) is 12.1. The van der Waals surface area contributed by atoms with Gasteiger partial charge in [-0.25, -0.2) is 19.4 Å². The fraction of sp³-hybridized carbons (Fsp3) is 0.143. The summed E-state index contributed by atoms with van der Waals surface area (Å²) in [7, 11) is 0. The van der Waals surface area contributed by atoms with Crippen molar-refractivity contribution >= 4 is 34.1 Å². The van der Waals surface area contributed by atoms with Gasteiger partial charge in [0.25, 0.3) is 0 Å². The lowest BCUT2D eigenvalue weighted by molar-refractivity contribution is -0.114. The molecule has 2 aromatic heterocycles. The number of nitrogens with zero attached hydrogens (tertiary/aromatic N) is 3. The van der Waals surface area contributed by atoms with Crippen molar-refractivity contribution < 1.29 is 4.79 Å². The molecule has 3 aromatic rings. The highest BCUT2D eigenvalue weighted by atomic mass is 32.2. The molecule has 0 saturated heterocycles. The van der Waals surface area contributed by atoms with E-state index in [1.54, 1.807) is 0 Å². The van der Waals surface area contributed by atoms with Crippen molar-refractivity contribution in [2.75, 3.05) is 5.32 Å². The number of carbonyl (C=O) groups excluding carboxylic acids is 1. The van der Waals surface area contributed by atoms with E-state index in [1.807, 2.05) is 35.7 Å². The first kappa shape index (κ1) is 15.5. The smallest absolute Gasteiger partial charge is 0.302 e. The van der Waals surface area contributed by atoms with Gasteiger partial charge in [-0.15, -0.1) is 16.4 Å². The zero-order valence-corrected chi connectivity index (χ0v) is 13.8. The summed E-state index contributed by atoms with van der Waals surface area (Å²) in [6.45, 7) is 1.44. The molecule has 0 aliphatic heterocycles. The van der Waals surface area contributed by atoms with Crippen LogP contribution in [0.5, 0.6) is 0 Å². The summed E-state index contributed by atoms with van der Waals surface area (Å²) in [5.41, 5.74) is 1.29. The van der Waals surface area contributed by atoms with Crippen LogP contribution in [0.15, 0.2) is 45.7 Å². The maximum Gasteiger partial charge on any atom is 0.348 e. The van der Waals surface area contributed by atoms with Gasteiger partial charge in [0, 0.05) is 18.1 Å². The van der Waals surface area contributed by atoms with Crippen molar-refractivity contribution in [2.45, 2.75) is 17.8 Å². The average molecular weight is 347 g/mol. The Morgan fingerprint density at radius 2 is 2.17 bits per heavy atom. The lowest BCUT2D eigenvalue weighted by atomic mass is 10.3. The van der Waals surface area contributed by atoms with E-state index < -0.39 is 0 Å². The zero-order chi connectivity index (χ0) is 16.2. The molecule has 1 aromatic carbocycles. The Kier molecular flexibility index (Phi) is 4.58. The summed E-state index contributed by atoms with van der Waals surface area (Å²) in [6.07, 6.45) is 0. The number of amides is 1. The van der Waals surface area contributed by atoms with Gasteiger partial charge in [-0.05, 0) is 12.1 Å². The second kappa shape index (κ2) is 6.80. The van der Waals surface area contributed by atoms with E-state index in [1.165, 1.54) is 34.6 Å². The molecule has 0 unspecified atom stereocenters. The van der Waals surface area contributed by atoms with Gasteiger partial charge in [0.15, 0.2) is 10.3 Å². The summed E-state index contributed by atoms with van der Waals surface area (Å²) in [5.74, 6) is 0.400. The van der Waals surface area contributed by atoms with E-state index in [2.05, 4.69) is 20.5 Å². The number of aromatic nitrogens is 4. The van der Waals surface area contributed by atoms with Crippen LogP contribution in [0.2, 0.25) is 0 Å². The van der Waals surface area contributed by atoms with Crippen LogP contribution in [-0.2, 0) is 10.5 Å². The van der Waals surface area contributed by atoms with Crippen LogP contribution in [0.3, 0.4) is 0 Å². The Bertz CT molecular complexity index is 869. The topological polar surface area (TPSA) is 92.7 Å². The minimum absolute atomic E-state index is 0.149. The maximum absolute atomic E-state index is 11.9. The first-order valence-corrected chi connectivity index (χ1v) is 8.57. The molecule has 0 radical (unpaired) electrons. The van der Waals surface area contributed by atoms with Gasteiger partial charge in [0.1, 0.15) is 0 Å². The third-order valence-electron chi connectivity index (χ3n) is 2.84. The monoisotopic (exact) mass is 347 g/mol. The number of nitrogens with one attached hydrogen (secondary N) is 2. The predicted octanol–water partition coefficient (Wildman–Crippen LogP) is 2.27. The van der Waals surface area contributed by atoms with E-state index >= 15 is 0 Å². The molecule has 118 valence electrons. The van der Waals surface area contributed by atoms with E-state index in [9.17, 15) is 9.59 Å². The SMILES string of the molecule is CC(=O)Nc1nc(CSc2n[nH]c(=O)n2-c2ccccc2)cs1. The predicted molar refractivity (Wildman–Crippen MR) is 90.2 cm³/mol. The summed E-state index contributed by atoms with van der Waals surface area (Å²) in [5, 5.41) is 12.2. The number of hydrogen-bond acceptors (Lipinski definition) is 6. The molecule has 23 heavy (non-hydrogen) atoms. The number of para-hydroxylation sites is 1. The van der Waals surface area contributed by atoms with Gasteiger partial charge in [0.2, 0.25) is 5.91 Å². The molecule has 0 spiro atoms. The van der Waals surface area contributed by atoms with Crippen LogP contribution in [0.25, 0.3) is 5.69 Å². The molecule has 2 N–H and O–H groups in total. The lowest BCUT2D eigenvalue weighted by Crippen LogP contribution is -2.15. The van der Waals surface area contributed by atoms with E-state index in [-0.39, 0.29) is 11.6 Å². The molecule has 0 fully saturated rings. The summed E-state index contributed by atoms with van der Waals surface area (Å²) >= 11 is 2.77. The maximum atomic E-state index is 11.9. The Morgan fingerprint density at radius 3 is 2.91 bits per heavy atom. The van der Waals surface area contributed by atoms with Crippen LogP contribution in [0, 0.1) is 0 Å². The fourth-order valence-electron chi connectivity index (χ4n) is 1.90. The number of thiazole rings is 1. The quantitative estimate of drug-likeness (QED) is 0.691. The van der Waals surface area contributed by atoms with Crippen LogP contribution < -0.4 is 11.0 Å². The second-order valence-electron chi connectivity index (χ2n) is 4.60. The highest BCUT2D eigenvalue weighted by Crippen LogP contribution is 2.24. The first-order valence-electron chi connectivity index (χ1n) is 6.71. The van der Waals surface area contributed by atoms with Crippen molar-refractivity contribution in [3.63, 3.8) is 0 Å². The number of hydrogen-bond donors (Lipinski definition) is 2. The van der Waals surface area contributed by atoms with Crippen LogP contribution >= 0.6 is 23.1 Å². The lowest BCUT2D eigenvalue weighted by Gasteiger charge is -2.04. The minimum Gasteiger partial charge on any atom is -0.302 e. The largest absolute Gasteiger partial charge is 0.348 e. The van der Waals surface area contributed by atoms with Gasteiger partial charge in [-0.2, -0.15) is 0 Å². The summed E-state index contributed by atoms with van der Waals surface area (Å²) < 4.78 is 1.52. The number of carbonyl (C=O) groups is 1. The molecule has 9 heteroatoms. The van der Waals surface area contributed by atoms with Crippen molar-refractivity contribution in [3.05, 3.63) is 51.9 Å². The molecule has 0 aliphatic carbocycles. The van der Waals surface area contributed by atoms with Crippen molar-refractivity contribution in [1.29, 1.82) is 0 Å². The molecular formula is C14H13N5O2S2. The number of rotatable bonds is 5. The minimum atomic E-state index is -0.282. The first-order chi connectivity index (χ1) is 11.1. The van der Waals surface area contributed by atoms with Gasteiger partial charge < -0.3 is 5.32 Å². The molecule has 3 rings (SSSR count). The van der Waals surface area contributed by atoms with Crippen molar-refractivity contribution in [3.8, 4) is 5.69 Å². The van der Waals surface area contributed by atoms with Crippen molar-refractivity contribution in [2.24, 2.45) is 0 Å². The Hall–Kier alpha value is -2.39. The van der Waals surface area contributed by atoms with Gasteiger partial charge >= 0.3 is 5.69 Å². The molecule has 0 atom stereocenters. The molecule has 1 amide bonds. The number of aromatic amines is 1. The van der Waals surface area contributed by atoms with E-state index in [0.717, 1.165) is 11.4 Å². The van der Waals surface area contributed by atoms with Crippen molar-refractivity contribution in [1.82, 2.24) is 19.7 Å². The van der Waals surface area contributed by atoms with Gasteiger partial charge in [-0.1, -0.05) is 30.0 Å². The molecule has 7 nitrogen and oxygen atoms in total. The third-order valence-corrected chi connectivity index (χ3v) is 4.62. The average Bonchev–Trinajstić information content (AvgIpc) is 3.12. The molecule has 2 heterocycles. The van der Waals surface area contributed by atoms with E-state index in [4.69, 9.17) is 0 Å². The Balaban J connectivity index is 1.76. The molecule has 0 saturated carbocycles. The molecule has 0 aliphatic rings. The second-order valence-corrected chi connectivity index (χ2v) is 6.40. The summed E-state index contributed by atoms with van der Waals surface area (Å²) in [6, 6.07) is 9.31. The van der Waals surface area contributed by atoms with E-state index in [0.29, 0.717) is 16.0 Å². The van der Waals surface area contributed by atoms with Gasteiger partial charge in [-0.3, -0.25) is 4.79 Å². The third kappa shape index (κ3) is 3.69. The van der Waals surface area contributed by atoms with Crippen LogP contribution in [0.1, 0.15) is 12.6 Å². The fourth-order valence-corrected chi connectivity index (χ4v) is 3.62. The van der Waals surface area contributed by atoms with Gasteiger partial charge in [0.05, 0.1) is 11.4 Å². The molecular weight excluding hydrogens is 334 g/mol. The normalized spacial score (nSPS) is 10.7. The highest BCUT2D eigenvalue weighted by molar-refractivity contribution is 7.98. The van der Waals surface area contributed by atoms with Crippen LogP contribution in [-0.4, -0.2) is 25.7 Å². The number of H-pyrrole nitrogens is 1. The number of benzene rings is 1.